The molecule has 0 saturated carbocycles. The first-order valence-corrected chi connectivity index (χ1v) is 6.97. The van der Waals surface area contributed by atoms with Crippen LogP contribution in [0.1, 0.15) is 58.6 Å². The van der Waals surface area contributed by atoms with Crippen molar-refractivity contribution in [3.8, 4) is 0 Å². The molecule has 1 rings (SSSR count). The third kappa shape index (κ3) is 4.63. The molecular weight excluding hydrogens is 236 g/mol. The third-order valence-electron chi connectivity index (χ3n) is 3.61. The molecule has 0 aromatic heterocycles. The highest BCUT2D eigenvalue weighted by Gasteiger charge is 2.26. The molecule has 2 heteroatoms. The van der Waals surface area contributed by atoms with E-state index in [2.05, 4.69) is 52.0 Å². The quantitative estimate of drug-likeness (QED) is 0.754. The second-order valence-electron chi connectivity index (χ2n) is 6.54. The van der Waals surface area contributed by atoms with Crippen LogP contribution >= 0.6 is 0 Å². The van der Waals surface area contributed by atoms with Gasteiger partial charge in [0.1, 0.15) is 0 Å². The van der Waals surface area contributed by atoms with Gasteiger partial charge in [0.15, 0.2) is 0 Å². The zero-order chi connectivity index (χ0) is 14.7. The fraction of sp³-hybridized carbons (Fsp3) is 0.647. The Bertz CT molecular complexity index is 388. The van der Waals surface area contributed by atoms with Crippen molar-refractivity contribution in [3.05, 3.63) is 35.4 Å². The van der Waals surface area contributed by atoms with E-state index in [0.717, 1.165) is 0 Å². The number of methoxy groups -OCH3 is 1. The van der Waals surface area contributed by atoms with Crippen molar-refractivity contribution in [2.24, 2.45) is 0 Å². The standard InChI is InChI=1S/C17H28O2/c1-13(2)14-8-10-15(11-9-14)17(5,6)19-12-16(3,4)18-7/h8-11,13H,12H2,1-7H3. The SMILES string of the molecule is COC(C)(C)COC(C)(C)c1ccc(C(C)C)cc1. The van der Waals surface area contributed by atoms with Crippen molar-refractivity contribution >= 4 is 0 Å². The molecule has 1 aromatic rings. The topological polar surface area (TPSA) is 18.5 Å². The first kappa shape index (κ1) is 16.2. The zero-order valence-electron chi connectivity index (χ0n) is 13.4. The van der Waals surface area contributed by atoms with E-state index < -0.39 is 0 Å². The molecule has 108 valence electrons. The van der Waals surface area contributed by atoms with Crippen molar-refractivity contribution in [1.29, 1.82) is 0 Å². The van der Waals surface area contributed by atoms with E-state index in [4.69, 9.17) is 9.47 Å². The van der Waals surface area contributed by atoms with Gasteiger partial charge in [0, 0.05) is 7.11 Å². The minimum Gasteiger partial charge on any atom is -0.376 e. The van der Waals surface area contributed by atoms with Gasteiger partial charge >= 0.3 is 0 Å². The van der Waals surface area contributed by atoms with Gasteiger partial charge in [-0.05, 0) is 44.7 Å². The Balaban J connectivity index is 2.76. The third-order valence-corrected chi connectivity index (χ3v) is 3.61. The summed E-state index contributed by atoms with van der Waals surface area (Å²) in [5.41, 5.74) is 2.00. The molecular formula is C17H28O2. The lowest BCUT2D eigenvalue weighted by molar-refractivity contribution is -0.109. The number of hydrogen-bond acceptors (Lipinski definition) is 2. The molecule has 0 heterocycles. The summed E-state index contributed by atoms with van der Waals surface area (Å²) >= 11 is 0. The van der Waals surface area contributed by atoms with Crippen LogP contribution in [0.4, 0.5) is 0 Å². The van der Waals surface area contributed by atoms with E-state index in [1.807, 2.05) is 13.8 Å². The Hall–Kier alpha value is -0.860. The van der Waals surface area contributed by atoms with Crippen LogP contribution in [0.25, 0.3) is 0 Å². The minimum absolute atomic E-state index is 0.255. The summed E-state index contributed by atoms with van der Waals surface area (Å²) in [5.74, 6) is 0.561. The summed E-state index contributed by atoms with van der Waals surface area (Å²) in [6.07, 6.45) is 0. The highest BCUT2D eigenvalue weighted by atomic mass is 16.5. The molecule has 19 heavy (non-hydrogen) atoms. The first-order valence-electron chi connectivity index (χ1n) is 6.97. The molecule has 0 aliphatic rings. The van der Waals surface area contributed by atoms with Gasteiger partial charge in [-0.1, -0.05) is 38.1 Å². The van der Waals surface area contributed by atoms with Crippen molar-refractivity contribution in [2.45, 2.75) is 58.7 Å². The van der Waals surface area contributed by atoms with Crippen LogP contribution in [0.3, 0.4) is 0 Å². The van der Waals surface area contributed by atoms with Gasteiger partial charge in [-0.15, -0.1) is 0 Å². The van der Waals surface area contributed by atoms with Crippen molar-refractivity contribution in [2.75, 3.05) is 13.7 Å². The average Bonchev–Trinajstić information content (AvgIpc) is 2.37. The second-order valence-corrected chi connectivity index (χ2v) is 6.54. The number of ether oxygens (including phenoxy) is 2. The monoisotopic (exact) mass is 264 g/mol. The molecule has 0 amide bonds. The Kier molecular flexibility index (Phi) is 5.17. The molecule has 0 bridgehead atoms. The zero-order valence-corrected chi connectivity index (χ0v) is 13.4. The smallest absolute Gasteiger partial charge is 0.0876 e. The van der Waals surface area contributed by atoms with Gasteiger partial charge in [0.25, 0.3) is 0 Å². The van der Waals surface area contributed by atoms with Gasteiger partial charge in [-0.3, -0.25) is 0 Å². The fourth-order valence-electron chi connectivity index (χ4n) is 1.77. The molecule has 0 aliphatic heterocycles. The highest BCUT2D eigenvalue weighted by molar-refractivity contribution is 5.28. The van der Waals surface area contributed by atoms with Crippen molar-refractivity contribution in [3.63, 3.8) is 0 Å². The molecule has 0 N–H and O–H groups in total. The van der Waals surface area contributed by atoms with E-state index in [1.165, 1.54) is 11.1 Å². The van der Waals surface area contributed by atoms with Crippen LogP contribution in [0.5, 0.6) is 0 Å². The maximum absolute atomic E-state index is 6.05. The van der Waals surface area contributed by atoms with Crippen molar-refractivity contribution < 1.29 is 9.47 Å². The van der Waals surface area contributed by atoms with E-state index >= 15 is 0 Å². The predicted molar refractivity (Wildman–Crippen MR) is 80.6 cm³/mol. The molecule has 1 aromatic carbocycles. The van der Waals surface area contributed by atoms with E-state index in [-0.39, 0.29) is 11.2 Å². The Morgan fingerprint density at radius 2 is 1.53 bits per heavy atom. The summed E-state index contributed by atoms with van der Waals surface area (Å²) < 4.78 is 11.4. The summed E-state index contributed by atoms with van der Waals surface area (Å²) in [4.78, 5) is 0. The first-order chi connectivity index (χ1) is 8.68. The molecule has 0 fully saturated rings. The number of benzene rings is 1. The van der Waals surface area contributed by atoms with E-state index in [0.29, 0.717) is 12.5 Å². The lowest BCUT2D eigenvalue weighted by Gasteiger charge is -2.31. The van der Waals surface area contributed by atoms with Crippen LogP contribution in [-0.2, 0) is 15.1 Å². The molecule has 0 unspecified atom stereocenters. The van der Waals surface area contributed by atoms with Gasteiger partial charge < -0.3 is 9.47 Å². The molecule has 0 aliphatic carbocycles. The molecule has 0 radical (unpaired) electrons. The summed E-state index contributed by atoms with van der Waals surface area (Å²) in [6, 6.07) is 8.70. The molecule has 0 spiro atoms. The van der Waals surface area contributed by atoms with Crippen molar-refractivity contribution in [1.82, 2.24) is 0 Å². The lowest BCUT2D eigenvalue weighted by Crippen LogP contribution is -2.34. The molecule has 0 saturated heterocycles. The molecule has 2 nitrogen and oxygen atoms in total. The maximum atomic E-state index is 6.05. The van der Waals surface area contributed by atoms with Crippen LogP contribution < -0.4 is 0 Å². The normalized spacial score (nSPS) is 13.1. The largest absolute Gasteiger partial charge is 0.376 e. The second kappa shape index (κ2) is 6.06. The van der Waals surface area contributed by atoms with Crippen LogP contribution in [0.15, 0.2) is 24.3 Å². The summed E-state index contributed by atoms with van der Waals surface area (Å²) in [6.45, 7) is 13.3. The summed E-state index contributed by atoms with van der Waals surface area (Å²) in [5, 5.41) is 0. The van der Waals surface area contributed by atoms with Crippen LogP contribution in [-0.4, -0.2) is 19.3 Å². The highest BCUT2D eigenvalue weighted by Crippen LogP contribution is 2.28. The van der Waals surface area contributed by atoms with Gasteiger partial charge in [-0.25, -0.2) is 0 Å². The van der Waals surface area contributed by atoms with E-state index in [1.54, 1.807) is 7.11 Å². The van der Waals surface area contributed by atoms with Gasteiger partial charge in [0.05, 0.1) is 17.8 Å². The fourth-order valence-corrected chi connectivity index (χ4v) is 1.77. The lowest BCUT2D eigenvalue weighted by atomic mass is 9.94. The minimum atomic E-state index is -0.300. The van der Waals surface area contributed by atoms with Gasteiger partial charge in [-0.2, -0.15) is 0 Å². The predicted octanol–water partition coefficient (Wildman–Crippen LogP) is 4.49. The average molecular weight is 264 g/mol. The molecule has 0 atom stereocenters. The Morgan fingerprint density at radius 1 is 1.00 bits per heavy atom. The summed E-state index contributed by atoms with van der Waals surface area (Å²) in [7, 11) is 1.72. The van der Waals surface area contributed by atoms with Crippen LogP contribution in [0, 0.1) is 0 Å². The van der Waals surface area contributed by atoms with Crippen LogP contribution in [0.2, 0.25) is 0 Å². The maximum Gasteiger partial charge on any atom is 0.0876 e. The Labute approximate surface area is 118 Å². The number of rotatable bonds is 6. The Morgan fingerprint density at radius 3 is 1.95 bits per heavy atom. The van der Waals surface area contributed by atoms with E-state index in [9.17, 15) is 0 Å². The number of hydrogen-bond donors (Lipinski definition) is 0. The van der Waals surface area contributed by atoms with Gasteiger partial charge in [0.2, 0.25) is 0 Å².